The third kappa shape index (κ3) is 6.14. The molecule has 9 aromatic rings. The Morgan fingerprint density at radius 1 is 0.362 bits per heavy atom. The molecule has 0 saturated carbocycles. The molecule has 3 nitrogen and oxygen atoms in total. The molecule has 0 N–H and O–H groups in total. The Balaban J connectivity index is 1.05. The Morgan fingerprint density at radius 2 is 0.845 bits per heavy atom. The number of hydrogen-bond donors (Lipinski definition) is 0. The average Bonchev–Trinajstić information content (AvgIpc) is 3.31. The minimum atomic E-state index is -0.555. The monoisotopic (exact) mass is 740 g/mol. The second kappa shape index (κ2) is 14.7. The first kappa shape index (κ1) is 34.7. The number of ether oxygens (including phenoxy) is 1. The second-order valence-corrected chi connectivity index (χ2v) is 14.6. The average molecular weight is 741 g/mol. The number of benzene rings is 8. The van der Waals surface area contributed by atoms with Crippen molar-refractivity contribution in [1.29, 1.82) is 0 Å². The van der Waals surface area contributed by atoms with Gasteiger partial charge in [-0.2, -0.15) is 0 Å². The number of aromatic nitrogens is 1. The second-order valence-electron chi connectivity index (χ2n) is 14.6. The highest BCUT2D eigenvalue weighted by molar-refractivity contribution is 5.81. The normalized spacial score (nSPS) is 12.4. The summed E-state index contributed by atoms with van der Waals surface area (Å²) in [6.45, 7) is 7.41. The van der Waals surface area contributed by atoms with E-state index >= 15 is 0 Å². The summed E-state index contributed by atoms with van der Waals surface area (Å²) in [5.41, 5.74) is 15.1. The summed E-state index contributed by atoms with van der Waals surface area (Å²) in [6, 6.07) is 76.4. The van der Waals surface area contributed by atoms with Crippen molar-refractivity contribution in [1.82, 2.24) is 4.98 Å². The molecule has 1 aliphatic rings. The van der Waals surface area contributed by atoms with Crippen LogP contribution in [0.15, 0.2) is 218 Å². The van der Waals surface area contributed by atoms with E-state index in [0.29, 0.717) is 5.69 Å². The SMILES string of the molecule is [C-]#[N+]c1ccc(-c2cc(-c3ccccc3)nc(-c3cccc(-c4cccc(-c5ccc6c(c5)Oc5ccccc5C6(c5ccccc5)c5ccccc5)c4)c3)c2)cc1. The number of pyridine rings is 1. The van der Waals surface area contributed by atoms with Gasteiger partial charge in [-0.25, -0.2) is 9.83 Å². The molecular weight excluding hydrogens is 705 g/mol. The molecule has 8 aromatic carbocycles. The van der Waals surface area contributed by atoms with E-state index < -0.39 is 5.41 Å². The highest BCUT2D eigenvalue weighted by atomic mass is 16.5. The molecule has 58 heavy (non-hydrogen) atoms. The summed E-state index contributed by atoms with van der Waals surface area (Å²) < 4.78 is 6.79. The van der Waals surface area contributed by atoms with Crippen molar-refractivity contribution in [3.8, 4) is 67.4 Å². The number of hydrogen-bond acceptors (Lipinski definition) is 2. The first-order chi connectivity index (χ1) is 28.7. The summed E-state index contributed by atoms with van der Waals surface area (Å²) in [6.07, 6.45) is 0. The lowest BCUT2D eigenvalue weighted by Gasteiger charge is -2.41. The lowest BCUT2D eigenvalue weighted by molar-refractivity contribution is 0.435. The predicted molar refractivity (Wildman–Crippen MR) is 236 cm³/mol. The molecule has 0 unspecified atom stereocenters. The molecule has 1 aromatic heterocycles. The molecule has 0 aliphatic carbocycles. The molecule has 0 amide bonds. The molecule has 3 heteroatoms. The standard InChI is InChI=1S/C55H36N2O/c1-56-48-30-27-38(28-31-48)45-35-51(39-15-5-2-6-16-39)57-52(36-45)44-20-14-19-42(34-44)40-17-13-18-41(33-40)43-29-32-50-54(37-43)58-53-26-12-11-25-49(53)55(50,46-21-7-3-8-22-46)47-23-9-4-10-24-47/h2-37H. The van der Waals surface area contributed by atoms with E-state index in [9.17, 15) is 0 Å². The van der Waals surface area contributed by atoms with Crippen molar-refractivity contribution < 1.29 is 4.74 Å². The molecule has 0 atom stereocenters. The molecule has 10 rings (SSSR count). The van der Waals surface area contributed by atoms with Gasteiger partial charge in [0.05, 0.1) is 23.4 Å². The predicted octanol–water partition coefficient (Wildman–Crippen LogP) is 14.5. The lowest BCUT2D eigenvalue weighted by Crippen LogP contribution is -2.34. The molecule has 0 bridgehead atoms. The fourth-order valence-corrected chi connectivity index (χ4v) is 8.46. The van der Waals surface area contributed by atoms with Crippen LogP contribution >= 0.6 is 0 Å². The van der Waals surface area contributed by atoms with E-state index in [0.717, 1.165) is 78.5 Å². The summed E-state index contributed by atoms with van der Waals surface area (Å²) >= 11 is 0. The Hall–Kier alpha value is -7.80. The Bertz CT molecular complexity index is 2930. The van der Waals surface area contributed by atoms with Gasteiger partial charge in [0.25, 0.3) is 0 Å². The Labute approximate surface area is 339 Å². The van der Waals surface area contributed by atoms with E-state index in [1.165, 1.54) is 11.1 Å². The first-order valence-electron chi connectivity index (χ1n) is 19.5. The smallest absolute Gasteiger partial charge is 0.187 e. The number of fused-ring (bicyclic) bond motifs is 2. The minimum Gasteiger partial charge on any atom is -0.457 e. The third-order valence-corrected chi connectivity index (χ3v) is 11.2. The van der Waals surface area contributed by atoms with E-state index in [1.54, 1.807) is 0 Å². The van der Waals surface area contributed by atoms with Gasteiger partial charge in [-0.15, -0.1) is 0 Å². The van der Waals surface area contributed by atoms with E-state index in [-0.39, 0.29) is 0 Å². The zero-order valence-electron chi connectivity index (χ0n) is 31.6. The van der Waals surface area contributed by atoms with E-state index in [1.807, 2.05) is 48.5 Å². The number of nitrogens with zero attached hydrogens (tertiary/aromatic N) is 2. The molecule has 0 radical (unpaired) electrons. The fraction of sp³-hybridized carbons (Fsp3) is 0.0182. The first-order valence-corrected chi connectivity index (χ1v) is 19.5. The van der Waals surface area contributed by atoms with Crippen LogP contribution in [0.2, 0.25) is 0 Å². The van der Waals surface area contributed by atoms with Crippen LogP contribution in [0.4, 0.5) is 5.69 Å². The van der Waals surface area contributed by atoms with Gasteiger partial charge >= 0.3 is 0 Å². The molecule has 0 saturated heterocycles. The number of rotatable bonds is 7. The van der Waals surface area contributed by atoms with Gasteiger partial charge in [-0.1, -0.05) is 182 Å². The van der Waals surface area contributed by atoms with Crippen molar-refractivity contribution in [3.63, 3.8) is 0 Å². The van der Waals surface area contributed by atoms with Gasteiger partial charge < -0.3 is 4.74 Å². The molecule has 0 fully saturated rings. The molecule has 272 valence electrons. The van der Waals surface area contributed by atoms with Crippen LogP contribution in [0.1, 0.15) is 22.3 Å². The maximum atomic E-state index is 7.41. The molecular formula is C55H36N2O. The zero-order valence-corrected chi connectivity index (χ0v) is 31.6. The van der Waals surface area contributed by atoms with Crippen molar-refractivity contribution in [3.05, 3.63) is 252 Å². The Morgan fingerprint density at radius 3 is 1.48 bits per heavy atom. The van der Waals surface area contributed by atoms with Crippen molar-refractivity contribution >= 4 is 5.69 Å². The van der Waals surface area contributed by atoms with Gasteiger partial charge in [0.2, 0.25) is 0 Å². The summed E-state index contributed by atoms with van der Waals surface area (Å²) in [5, 5.41) is 0. The topological polar surface area (TPSA) is 26.5 Å². The van der Waals surface area contributed by atoms with Crippen LogP contribution < -0.4 is 4.74 Å². The lowest BCUT2D eigenvalue weighted by atomic mass is 9.63. The summed E-state index contributed by atoms with van der Waals surface area (Å²) in [4.78, 5) is 8.77. The Kier molecular flexibility index (Phi) is 8.78. The highest BCUT2D eigenvalue weighted by Gasteiger charge is 2.45. The maximum Gasteiger partial charge on any atom is 0.187 e. The molecule has 0 spiro atoms. The van der Waals surface area contributed by atoms with E-state index in [4.69, 9.17) is 16.3 Å². The van der Waals surface area contributed by atoms with Crippen molar-refractivity contribution in [2.75, 3.05) is 0 Å². The third-order valence-electron chi connectivity index (χ3n) is 11.2. The van der Waals surface area contributed by atoms with Crippen LogP contribution in [0.5, 0.6) is 11.5 Å². The van der Waals surface area contributed by atoms with Gasteiger partial charge in [0, 0.05) is 22.3 Å². The molecule has 1 aliphatic heterocycles. The number of para-hydroxylation sites is 1. The minimum absolute atomic E-state index is 0.555. The van der Waals surface area contributed by atoms with Crippen LogP contribution in [0, 0.1) is 6.57 Å². The quantitative estimate of drug-likeness (QED) is 0.152. The van der Waals surface area contributed by atoms with Gasteiger partial charge in [-0.05, 0) is 80.9 Å². The van der Waals surface area contributed by atoms with E-state index in [2.05, 4.69) is 175 Å². The largest absolute Gasteiger partial charge is 0.457 e. The molecule has 2 heterocycles. The van der Waals surface area contributed by atoms with Gasteiger partial charge in [0.1, 0.15) is 11.5 Å². The van der Waals surface area contributed by atoms with Crippen LogP contribution in [0.25, 0.3) is 60.7 Å². The summed E-state index contributed by atoms with van der Waals surface area (Å²) in [7, 11) is 0. The highest BCUT2D eigenvalue weighted by Crippen LogP contribution is 2.55. The zero-order chi connectivity index (χ0) is 38.9. The van der Waals surface area contributed by atoms with Gasteiger partial charge in [0.15, 0.2) is 5.69 Å². The van der Waals surface area contributed by atoms with Crippen molar-refractivity contribution in [2.45, 2.75) is 5.41 Å². The van der Waals surface area contributed by atoms with Crippen LogP contribution in [-0.2, 0) is 5.41 Å². The van der Waals surface area contributed by atoms with Crippen LogP contribution in [0.3, 0.4) is 0 Å². The maximum absolute atomic E-state index is 7.41. The fourth-order valence-electron chi connectivity index (χ4n) is 8.46. The summed E-state index contributed by atoms with van der Waals surface area (Å²) in [5.74, 6) is 1.71. The van der Waals surface area contributed by atoms with Crippen LogP contribution in [-0.4, -0.2) is 4.98 Å². The van der Waals surface area contributed by atoms with Gasteiger partial charge in [-0.3, -0.25) is 0 Å². The van der Waals surface area contributed by atoms with Crippen molar-refractivity contribution in [2.24, 2.45) is 0 Å².